The van der Waals surface area contributed by atoms with Crippen LogP contribution >= 0.6 is 0 Å². The Morgan fingerprint density at radius 2 is 2.00 bits per heavy atom. The summed E-state index contributed by atoms with van der Waals surface area (Å²) in [6.45, 7) is 3.06. The van der Waals surface area contributed by atoms with Gasteiger partial charge in [-0.2, -0.15) is 0 Å². The van der Waals surface area contributed by atoms with Crippen LogP contribution in [0, 0.1) is 0 Å². The number of rotatable bonds is 4. The number of furan rings is 1. The molecule has 0 fully saturated rings. The summed E-state index contributed by atoms with van der Waals surface area (Å²) < 4.78 is 5.91. The first kappa shape index (κ1) is 11.5. The molecule has 0 saturated heterocycles. The molecule has 1 aromatic carbocycles. The molecule has 0 unspecified atom stereocenters. The van der Waals surface area contributed by atoms with Gasteiger partial charge in [0.2, 0.25) is 0 Å². The molecule has 1 aromatic heterocycles. The van der Waals surface area contributed by atoms with Gasteiger partial charge < -0.3 is 9.73 Å². The van der Waals surface area contributed by atoms with E-state index in [2.05, 4.69) is 42.6 Å². The average Bonchev–Trinajstić information content (AvgIpc) is 3.03. The average molecular weight is 241 g/mol. The molecule has 1 aliphatic carbocycles. The van der Waals surface area contributed by atoms with Crippen molar-refractivity contribution < 1.29 is 4.42 Å². The fraction of sp³-hybridized carbons (Fsp3) is 0.375. The number of aryl methyl sites for hydroxylation is 1. The molecule has 0 radical (unpaired) electrons. The second-order valence-corrected chi connectivity index (χ2v) is 4.87. The fourth-order valence-electron chi connectivity index (χ4n) is 2.66. The van der Waals surface area contributed by atoms with Crippen LogP contribution in [0.1, 0.15) is 31.1 Å². The van der Waals surface area contributed by atoms with Crippen molar-refractivity contribution >= 4 is 11.0 Å². The molecule has 2 aromatic rings. The molecule has 1 aliphatic rings. The number of benzene rings is 1. The van der Waals surface area contributed by atoms with Crippen molar-refractivity contribution in [2.75, 3.05) is 0 Å². The van der Waals surface area contributed by atoms with Crippen molar-refractivity contribution in [2.24, 2.45) is 0 Å². The summed E-state index contributed by atoms with van der Waals surface area (Å²) in [6, 6.07) is 8.92. The highest BCUT2D eigenvalue weighted by molar-refractivity contribution is 5.82. The predicted molar refractivity (Wildman–Crippen MR) is 74.6 cm³/mol. The zero-order chi connectivity index (χ0) is 12.4. The number of nitrogens with one attached hydrogen (secondary N) is 1. The molecule has 94 valence electrons. The Bertz CT molecular complexity index is 559. The van der Waals surface area contributed by atoms with Gasteiger partial charge >= 0.3 is 0 Å². The second kappa shape index (κ2) is 4.99. The van der Waals surface area contributed by atoms with Crippen molar-refractivity contribution in [1.29, 1.82) is 0 Å². The van der Waals surface area contributed by atoms with E-state index >= 15 is 0 Å². The van der Waals surface area contributed by atoms with Crippen LogP contribution in [0.4, 0.5) is 0 Å². The lowest BCUT2D eigenvalue weighted by Crippen LogP contribution is -2.25. The van der Waals surface area contributed by atoms with Crippen LogP contribution in [0.25, 0.3) is 11.0 Å². The van der Waals surface area contributed by atoms with Crippen LogP contribution in [-0.2, 0) is 13.0 Å². The first-order valence-corrected chi connectivity index (χ1v) is 6.76. The maximum absolute atomic E-state index is 5.91. The summed E-state index contributed by atoms with van der Waals surface area (Å²) in [7, 11) is 0. The van der Waals surface area contributed by atoms with E-state index in [-0.39, 0.29) is 0 Å². The Hall–Kier alpha value is -1.54. The van der Waals surface area contributed by atoms with Gasteiger partial charge in [-0.15, -0.1) is 0 Å². The Labute approximate surface area is 108 Å². The molecular weight excluding hydrogens is 222 g/mol. The highest BCUT2D eigenvalue weighted by Crippen LogP contribution is 2.26. The van der Waals surface area contributed by atoms with Gasteiger partial charge in [0.1, 0.15) is 11.3 Å². The molecule has 2 nitrogen and oxygen atoms in total. The largest absolute Gasteiger partial charge is 0.461 e. The van der Waals surface area contributed by atoms with Crippen LogP contribution in [0.15, 0.2) is 40.8 Å². The first-order chi connectivity index (χ1) is 8.88. The zero-order valence-electron chi connectivity index (χ0n) is 10.8. The van der Waals surface area contributed by atoms with E-state index in [1.165, 1.54) is 10.9 Å². The Kier molecular flexibility index (Phi) is 3.20. The van der Waals surface area contributed by atoms with Crippen LogP contribution in [-0.4, -0.2) is 6.04 Å². The van der Waals surface area contributed by atoms with Gasteiger partial charge in [0.05, 0.1) is 0 Å². The molecule has 0 aliphatic heterocycles. The topological polar surface area (TPSA) is 25.2 Å². The SMILES string of the molecule is CCc1oc2ccccc2c1CNC1CC=CC1. The van der Waals surface area contributed by atoms with Crippen LogP contribution in [0.3, 0.4) is 0 Å². The smallest absolute Gasteiger partial charge is 0.134 e. The second-order valence-electron chi connectivity index (χ2n) is 4.87. The van der Waals surface area contributed by atoms with Crippen LogP contribution < -0.4 is 5.32 Å². The van der Waals surface area contributed by atoms with Gasteiger partial charge in [0, 0.05) is 30.0 Å². The van der Waals surface area contributed by atoms with Crippen molar-refractivity contribution in [3.8, 4) is 0 Å². The van der Waals surface area contributed by atoms with Crippen molar-refractivity contribution in [1.82, 2.24) is 5.32 Å². The van der Waals surface area contributed by atoms with Gasteiger partial charge in [-0.25, -0.2) is 0 Å². The zero-order valence-corrected chi connectivity index (χ0v) is 10.8. The van der Waals surface area contributed by atoms with E-state index in [1.54, 1.807) is 0 Å². The van der Waals surface area contributed by atoms with Gasteiger partial charge in [0.15, 0.2) is 0 Å². The summed E-state index contributed by atoms with van der Waals surface area (Å²) in [5.41, 5.74) is 2.34. The van der Waals surface area contributed by atoms with E-state index in [0.29, 0.717) is 6.04 Å². The molecule has 0 spiro atoms. The first-order valence-electron chi connectivity index (χ1n) is 6.76. The highest BCUT2D eigenvalue weighted by atomic mass is 16.3. The minimum Gasteiger partial charge on any atom is -0.461 e. The minimum absolute atomic E-state index is 0.600. The van der Waals surface area contributed by atoms with Crippen molar-refractivity contribution in [3.05, 3.63) is 47.7 Å². The number of hydrogen-bond acceptors (Lipinski definition) is 2. The molecule has 0 bridgehead atoms. The lowest BCUT2D eigenvalue weighted by Gasteiger charge is -2.11. The Morgan fingerprint density at radius 3 is 2.78 bits per heavy atom. The highest BCUT2D eigenvalue weighted by Gasteiger charge is 2.15. The Balaban J connectivity index is 1.84. The minimum atomic E-state index is 0.600. The normalized spacial score (nSPS) is 15.8. The molecule has 3 rings (SSSR count). The third kappa shape index (κ3) is 2.08. The molecule has 1 N–H and O–H groups in total. The molecule has 2 heteroatoms. The van der Waals surface area contributed by atoms with E-state index < -0.39 is 0 Å². The van der Waals surface area contributed by atoms with Crippen molar-refractivity contribution in [3.63, 3.8) is 0 Å². The van der Waals surface area contributed by atoms with Gasteiger partial charge in [-0.1, -0.05) is 37.3 Å². The summed E-state index contributed by atoms with van der Waals surface area (Å²) in [6.07, 6.45) is 7.76. The van der Waals surface area contributed by atoms with E-state index in [1.807, 2.05) is 6.07 Å². The number of para-hydroxylation sites is 1. The molecule has 0 saturated carbocycles. The summed E-state index contributed by atoms with van der Waals surface area (Å²) >= 11 is 0. The van der Waals surface area contributed by atoms with E-state index in [9.17, 15) is 0 Å². The summed E-state index contributed by atoms with van der Waals surface area (Å²) in [5, 5.41) is 4.89. The molecular formula is C16H19NO. The van der Waals surface area contributed by atoms with Gasteiger partial charge in [-0.05, 0) is 18.9 Å². The summed E-state index contributed by atoms with van der Waals surface area (Å²) in [4.78, 5) is 0. The number of hydrogen-bond donors (Lipinski definition) is 1. The van der Waals surface area contributed by atoms with Gasteiger partial charge in [-0.3, -0.25) is 0 Å². The third-order valence-electron chi connectivity index (χ3n) is 3.68. The fourth-order valence-corrected chi connectivity index (χ4v) is 2.66. The van der Waals surface area contributed by atoms with Crippen LogP contribution in [0.2, 0.25) is 0 Å². The van der Waals surface area contributed by atoms with Gasteiger partial charge in [0.25, 0.3) is 0 Å². The van der Waals surface area contributed by atoms with Crippen LogP contribution in [0.5, 0.6) is 0 Å². The Morgan fingerprint density at radius 1 is 1.22 bits per heavy atom. The number of fused-ring (bicyclic) bond motifs is 1. The maximum Gasteiger partial charge on any atom is 0.134 e. The predicted octanol–water partition coefficient (Wildman–Crippen LogP) is 3.80. The molecule has 18 heavy (non-hydrogen) atoms. The van der Waals surface area contributed by atoms with Crippen molar-refractivity contribution in [2.45, 2.75) is 38.8 Å². The lowest BCUT2D eigenvalue weighted by atomic mass is 10.1. The molecule has 0 amide bonds. The van der Waals surface area contributed by atoms with E-state index in [4.69, 9.17) is 4.42 Å². The quantitative estimate of drug-likeness (QED) is 0.824. The lowest BCUT2D eigenvalue weighted by molar-refractivity contribution is 0.516. The third-order valence-corrected chi connectivity index (χ3v) is 3.68. The molecule has 0 atom stereocenters. The standard InChI is InChI=1S/C16H19NO/c1-2-15-14(11-17-12-7-3-4-8-12)13-9-5-6-10-16(13)18-15/h3-6,9-10,12,17H,2,7-8,11H2,1H3. The molecule has 1 heterocycles. The summed E-state index contributed by atoms with van der Waals surface area (Å²) in [5.74, 6) is 1.12. The maximum atomic E-state index is 5.91. The monoisotopic (exact) mass is 241 g/mol. The van der Waals surface area contributed by atoms with E-state index in [0.717, 1.165) is 37.2 Å².